The van der Waals surface area contributed by atoms with Gasteiger partial charge in [-0.3, -0.25) is 0 Å². The molecule has 15 heavy (non-hydrogen) atoms. The van der Waals surface area contributed by atoms with E-state index in [1.165, 1.54) is 0 Å². The molecule has 0 unspecified atom stereocenters. The van der Waals surface area contributed by atoms with Crippen molar-refractivity contribution in [2.75, 3.05) is 0 Å². The summed E-state index contributed by atoms with van der Waals surface area (Å²) in [6.45, 7) is 1.54. The van der Waals surface area contributed by atoms with Crippen molar-refractivity contribution in [1.29, 1.82) is 5.26 Å². The van der Waals surface area contributed by atoms with Crippen molar-refractivity contribution in [3.05, 3.63) is 27.8 Å². The number of carbonyl (C=O) groups is 1. The van der Waals surface area contributed by atoms with Gasteiger partial charge in [-0.25, -0.2) is 15.1 Å². The van der Waals surface area contributed by atoms with Crippen molar-refractivity contribution in [2.24, 2.45) is 0 Å². The van der Waals surface area contributed by atoms with E-state index in [2.05, 4.69) is 4.98 Å². The second kappa shape index (κ2) is 6.65. The Morgan fingerprint density at radius 1 is 1.87 bits per heavy atom. The Kier molecular flexibility index (Phi) is 6.29. The Labute approximate surface area is 118 Å². The van der Waals surface area contributed by atoms with Gasteiger partial charge in [0.1, 0.15) is 6.07 Å². The van der Waals surface area contributed by atoms with E-state index < -0.39 is 5.10 Å². The summed E-state index contributed by atoms with van der Waals surface area (Å²) in [5, 5.41) is 25.4. The van der Waals surface area contributed by atoms with Crippen LogP contribution >= 0.6 is 0 Å². The van der Waals surface area contributed by atoms with E-state index in [9.17, 15) is 10.1 Å². The topological polar surface area (TPSA) is 122 Å². The summed E-state index contributed by atoms with van der Waals surface area (Å²) in [6.07, 6.45) is 1.01. The van der Waals surface area contributed by atoms with E-state index >= 15 is 0 Å². The molecule has 1 aromatic heterocycles. The van der Waals surface area contributed by atoms with Crippen LogP contribution < -0.4 is 0 Å². The maximum absolute atomic E-state index is 10.2. The van der Waals surface area contributed by atoms with Gasteiger partial charge in [0.25, 0.3) is 0 Å². The van der Waals surface area contributed by atoms with Gasteiger partial charge in [0.15, 0.2) is 11.4 Å². The van der Waals surface area contributed by atoms with E-state index in [0.29, 0.717) is 10.4 Å². The fourth-order valence-corrected chi connectivity index (χ4v) is 0.682. The van der Waals surface area contributed by atoms with Crippen LogP contribution in [0.5, 0.6) is 0 Å². The molecule has 0 saturated heterocycles. The zero-order chi connectivity index (χ0) is 12.0. The molecule has 1 aromatic rings. The van der Waals surface area contributed by atoms with Crippen molar-refractivity contribution in [2.45, 2.75) is 6.92 Å². The third-order valence-electron chi connectivity index (χ3n) is 1.21. The SMILES string of the molecule is Cc1ncn([N+](=O)[O-])c1C#N.O=[C](O)[K]. The van der Waals surface area contributed by atoms with Gasteiger partial charge in [-0.1, -0.05) is 0 Å². The van der Waals surface area contributed by atoms with Gasteiger partial charge < -0.3 is 0 Å². The van der Waals surface area contributed by atoms with Gasteiger partial charge in [-0.2, -0.15) is 5.26 Å². The molecule has 0 aliphatic carbocycles. The number of hydrogen-bond acceptors (Lipinski definition) is 5. The number of rotatable bonds is 1. The molecule has 0 aliphatic rings. The first-order valence-corrected chi connectivity index (χ1v) is 5.24. The number of imidazole rings is 1. The Morgan fingerprint density at radius 2 is 2.33 bits per heavy atom. The van der Waals surface area contributed by atoms with Crippen molar-refractivity contribution in [3.8, 4) is 6.07 Å². The maximum atomic E-state index is 10.2. The normalized spacial score (nSPS) is 8.40. The number of nitriles is 1. The number of carboxylic acid groups (broad SMARTS) is 1. The average Bonchev–Trinajstić information content (AvgIpc) is 2.45. The molecule has 0 atom stereocenters. The van der Waals surface area contributed by atoms with E-state index in [-0.39, 0.29) is 54.6 Å². The van der Waals surface area contributed by atoms with Crippen molar-refractivity contribution >= 4 is 49.0 Å². The third kappa shape index (κ3) is 5.00. The van der Waals surface area contributed by atoms with E-state index in [1.54, 1.807) is 13.0 Å². The number of nitro groups is 1. The summed E-state index contributed by atoms with van der Waals surface area (Å²) in [5.41, 5.74) is 0.333. The van der Waals surface area contributed by atoms with Crippen LogP contribution in [0, 0.1) is 28.4 Å². The zero-order valence-electron chi connectivity index (χ0n) is 8.04. The van der Waals surface area contributed by atoms with Crippen molar-refractivity contribution < 1.29 is 14.9 Å². The van der Waals surface area contributed by atoms with Gasteiger partial charge in [-0.15, -0.1) is 0 Å². The zero-order valence-corrected chi connectivity index (χ0v) is 11.2. The third-order valence-corrected chi connectivity index (χ3v) is 1.21. The fourth-order valence-electron chi connectivity index (χ4n) is 0.682. The first-order valence-electron chi connectivity index (χ1n) is 3.68. The number of aryl methyl sites for hydroxylation is 1. The summed E-state index contributed by atoms with van der Waals surface area (Å²) in [5.74, 6) is 0. The van der Waals surface area contributed by atoms with Crippen LogP contribution in [0.15, 0.2) is 6.33 Å². The van der Waals surface area contributed by atoms with Gasteiger partial charge >= 0.3 is 58.9 Å². The van der Waals surface area contributed by atoms with Gasteiger partial charge in [0, 0.05) is 0 Å². The Hall–Kier alpha value is -0.794. The van der Waals surface area contributed by atoms with E-state index in [1.807, 2.05) is 0 Å². The van der Waals surface area contributed by atoms with Crippen LogP contribution in [0.1, 0.15) is 11.4 Å². The summed E-state index contributed by atoms with van der Waals surface area (Å²) < 4.78 is -0.0532. The Bertz CT molecular complexity index is 417. The molecule has 74 valence electrons. The summed E-state index contributed by atoms with van der Waals surface area (Å²) in [7, 11) is 0. The number of hydrogen-bond donors (Lipinski definition) is 1. The monoisotopic (exact) mass is 236 g/mol. The van der Waals surface area contributed by atoms with Gasteiger partial charge in [-0.05, 0) is 11.6 Å². The standard InChI is InChI=1S/C5H4N4O2.CHO2.K/c1-4-5(2-6)8(3-7-4)9(10)11;2-1-3;/h3H,1H3;(H,2,3);. The fraction of sp³-hybridized carbons (Fsp3) is 0.167. The van der Waals surface area contributed by atoms with Crippen LogP contribution in [-0.2, 0) is 0 Å². The van der Waals surface area contributed by atoms with Crippen molar-refractivity contribution in [1.82, 2.24) is 9.66 Å². The minimum absolute atomic E-state index is 0.0208. The molecule has 0 amide bonds. The average molecular weight is 236 g/mol. The summed E-state index contributed by atoms with van der Waals surface area (Å²) in [6, 6.07) is 1.68. The molecule has 0 fully saturated rings. The quantitative estimate of drug-likeness (QED) is 0.414. The van der Waals surface area contributed by atoms with Crippen LogP contribution in [-0.4, -0.2) is 68.8 Å². The van der Waals surface area contributed by atoms with Gasteiger partial charge in [0.2, 0.25) is 5.69 Å². The Balaban J connectivity index is 0.000000423. The van der Waals surface area contributed by atoms with Gasteiger partial charge in [0.05, 0.1) is 5.69 Å². The summed E-state index contributed by atoms with van der Waals surface area (Å²) in [4.78, 5) is 22.9. The minimum atomic E-state index is -0.696. The molecule has 8 nitrogen and oxygen atoms in total. The molecule has 0 bridgehead atoms. The molecule has 9 heteroatoms. The molecule has 1 N–H and O–H groups in total. The molecular formula is C6H5KN4O4. The van der Waals surface area contributed by atoms with E-state index in [0.717, 1.165) is 6.33 Å². The van der Waals surface area contributed by atoms with Crippen LogP contribution in [0.3, 0.4) is 0 Å². The van der Waals surface area contributed by atoms with Crippen molar-refractivity contribution in [3.63, 3.8) is 0 Å². The first-order chi connectivity index (χ1) is 6.90. The van der Waals surface area contributed by atoms with E-state index in [4.69, 9.17) is 15.2 Å². The predicted octanol–water partition coefficient (Wildman–Crippen LogP) is -0.0641. The second-order valence-corrected chi connectivity index (χ2v) is 3.73. The molecule has 0 aliphatic heterocycles. The number of nitrogens with zero attached hydrogens (tertiary/aromatic N) is 4. The second-order valence-electron chi connectivity index (χ2n) is 2.39. The molecular weight excluding hydrogens is 231 g/mol. The molecule has 1 rings (SSSR count). The van der Waals surface area contributed by atoms with Crippen LogP contribution in [0.25, 0.3) is 0 Å². The molecule has 0 aromatic carbocycles. The van der Waals surface area contributed by atoms with Crippen LogP contribution in [0.2, 0.25) is 0 Å². The first kappa shape index (κ1) is 14.2. The predicted molar refractivity (Wildman–Crippen MR) is 47.9 cm³/mol. The van der Waals surface area contributed by atoms with Crippen LogP contribution in [0.4, 0.5) is 4.79 Å². The molecule has 1 heterocycles. The molecule has 0 saturated carbocycles. The number of aromatic nitrogens is 2. The summed E-state index contributed by atoms with van der Waals surface area (Å²) >= 11 is -0.0208. The molecule has 0 radical (unpaired) electrons. The Morgan fingerprint density at radius 3 is 2.60 bits per heavy atom. The molecule has 0 spiro atoms.